The van der Waals surface area contributed by atoms with Gasteiger partial charge >= 0.3 is 6.18 Å². The zero-order valence-corrected chi connectivity index (χ0v) is 18.3. The van der Waals surface area contributed by atoms with Crippen LogP contribution in [0.2, 0.25) is 0 Å². The molecular weight excluding hydrogens is 487 g/mol. The Balaban J connectivity index is 1.82. The Morgan fingerprint density at radius 2 is 2.00 bits per heavy atom. The van der Waals surface area contributed by atoms with Crippen LogP contribution in [-0.2, 0) is 6.18 Å². The Bertz CT molecular complexity index is 952. The third kappa shape index (κ3) is 5.50. The van der Waals surface area contributed by atoms with Gasteiger partial charge < -0.3 is 10.2 Å². The van der Waals surface area contributed by atoms with Crippen molar-refractivity contribution < 1.29 is 26.7 Å². The van der Waals surface area contributed by atoms with Gasteiger partial charge in [-0.3, -0.25) is 4.79 Å². The number of amides is 1. The van der Waals surface area contributed by atoms with E-state index in [4.69, 9.17) is 0 Å². The molecule has 1 aliphatic rings. The first kappa shape index (κ1) is 23.4. The van der Waals surface area contributed by atoms with Gasteiger partial charge in [-0.05, 0) is 53.0 Å². The standard InChI is InChI=1S/C20H20BrF5N4O/c1-11-7-19(22,23)10-30(18(31)17-14(21)5-3-12(2)29-17)15(11)9-28-16-6-4-13(8-27-16)20(24,25)26/h3-6,8,11,15H,7,9-10H2,1-2H3,(H,27,28)/t11-,15?/m1/s1. The van der Waals surface area contributed by atoms with Crippen molar-refractivity contribution in [2.75, 3.05) is 18.4 Å². The lowest BCUT2D eigenvalue weighted by molar-refractivity contribution is -0.137. The number of rotatable bonds is 4. The van der Waals surface area contributed by atoms with Crippen LogP contribution in [-0.4, -0.2) is 45.8 Å². The molecule has 1 aliphatic heterocycles. The Morgan fingerprint density at radius 1 is 1.29 bits per heavy atom. The summed E-state index contributed by atoms with van der Waals surface area (Å²) in [5, 5.41) is 2.86. The Kier molecular flexibility index (Phi) is 6.54. The Morgan fingerprint density at radius 3 is 2.61 bits per heavy atom. The number of alkyl halides is 5. The molecule has 2 atom stereocenters. The van der Waals surface area contributed by atoms with Gasteiger partial charge in [-0.15, -0.1) is 0 Å². The van der Waals surface area contributed by atoms with Crippen LogP contribution in [0.1, 0.15) is 35.1 Å². The maximum absolute atomic E-state index is 14.3. The molecule has 2 aromatic heterocycles. The zero-order valence-electron chi connectivity index (χ0n) is 16.7. The molecule has 11 heteroatoms. The van der Waals surface area contributed by atoms with Crippen molar-refractivity contribution in [2.45, 2.75) is 38.4 Å². The molecule has 1 fully saturated rings. The molecule has 1 saturated heterocycles. The number of aromatic nitrogens is 2. The maximum Gasteiger partial charge on any atom is 0.417 e. The van der Waals surface area contributed by atoms with E-state index in [0.29, 0.717) is 16.4 Å². The number of likely N-dealkylation sites (tertiary alicyclic amines) is 1. The van der Waals surface area contributed by atoms with Crippen LogP contribution in [0, 0.1) is 12.8 Å². The second-order valence-electron chi connectivity index (χ2n) is 7.63. The number of halogens is 6. The van der Waals surface area contributed by atoms with Gasteiger partial charge in [0.05, 0.1) is 18.2 Å². The topological polar surface area (TPSA) is 58.1 Å². The molecule has 0 aliphatic carbocycles. The van der Waals surface area contributed by atoms with Crippen LogP contribution in [0.4, 0.5) is 27.8 Å². The van der Waals surface area contributed by atoms with Crippen LogP contribution in [0.15, 0.2) is 34.9 Å². The maximum atomic E-state index is 14.3. The molecule has 1 amide bonds. The molecule has 3 heterocycles. The highest BCUT2D eigenvalue weighted by Crippen LogP contribution is 2.36. The Labute approximate surface area is 184 Å². The first-order chi connectivity index (χ1) is 14.4. The second-order valence-corrected chi connectivity index (χ2v) is 8.49. The molecule has 5 nitrogen and oxygen atoms in total. The first-order valence-electron chi connectivity index (χ1n) is 9.46. The Hall–Kier alpha value is -2.30. The summed E-state index contributed by atoms with van der Waals surface area (Å²) in [6.07, 6.45) is -4.23. The van der Waals surface area contributed by atoms with Crippen molar-refractivity contribution in [2.24, 2.45) is 5.92 Å². The molecule has 0 spiro atoms. The summed E-state index contributed by atoms with van der Waals surface area (Å²) in [6, 6.07) is 4.72. The third-order valence-electron chi connectivity index (χ3n) is 5.11. The van der Waals surface area contributed by atoms with Gasteiger partial charge in [-0.1, -0.05) is 6.92 Å². The van der Waals surface area contributed by atoms with Crippen LogP contribution < -0.4 is 5.32 Å². The first-order valence-corrected chi connectivity index (χ1v) is 10.3. The van der Waals surface area contributed by atoms with Crippen LogP contribution in [0.5, 0.6) is 0 Å². The summed E-state index contributed by atoms with van der Waals surface area (Å²) >= 11 is 3.24. The lowest BCUT2D eigenvalue weighted by Gasteiger charge is -2.43. The number of anilines is 1. The number of piperidine rings is 1. The van der Waals surface area contributed by atoms with E-state index in [-0.39, 0.29) is 18.1 Å². The molecule has 0 aromatic carbocycles. The summed E-state index contributed by atoms with van der Waals surface area (Å²) in [7, 11) is 0. The van der Waals surface area contributed by atoms with Gasteiger partial charge in [0.15, 0.2) is 0 Å². The summed E-state index contributed by atoms with van der Waals surface area (Å²) in [4.78, 5) is 22.1. The lowest BCUT2D eigenvalue weighted by atomic mass is 9.88. The van der Waals surface area contributed by atoms with E-state index in [1.807, 2.05) is 0 Å². The molecule has 31 heavy (non-hydrogen) atoms. The quantitative estimate of drug-likeness (QED) is 0.581. The van der Waals surface area contributed by atoms with E-state index in [2.05, 4.69) is 31.2 Å². The van der Waals surface area contributed by atoms with Crippen molar-refractivity contribution in [1.29, 1.82) is 0 Å². The van der Waals surface area contributed by atoms with Crippen molar-refractivity contribution >= 4 is 27.7 Å². The molecule has 1 N–H and O–H groups in total. The van der Waals surface area contributed by atoms with Gasteiger partial charge in [0.25, 0.3) is 11.8 Å². The highest BCUT2D eigenvalue weighted by molar-refractivity contribution is 9.10. The van der Waals surface area contributed by atoms with E-state index in [9.17, 15) is 26.7 Å². The molecule has 0 radical (unpaired) electrons. The number of nitrogens with zero attached hydrogens (tertiary/aromatic N) is 3. The van der Waals surface area contributed by atoms with Gasteiger partial charge in [-0.2, -0.15) is 13.2 Å². The number of nitrogens with one attached hydrogen (secondary N) is 1. The zero-order chi connectivity index (χ0) is 23.0. The van der Waals surface area contributed by atoms with Gasteiger partial charge in [0, 0.05) is 29.3 Å². The minimum Gasteiger partial charge on any atom is -0.368 e. The average molecular weight is 507 g/mol. The highest BCUT2D eigenvalue weighted by atomic mass is 79.9. The summed E-state index contributed by atoms with van der Waals surface area (Å²) in [5.74, 6) is -4.12. The van der Waals surface area contributed by atoms with Crippen LogP contribution in [0.25, 0.3) is 0 Å². The van der Waals surface area contributed by atoms with E-state index in [1.165, 1.54) is 0 Å². The van der Waals surface area contributed by atoms with Gasteiger partial charge in [-0.25, -0.2) is 18.7 Å². The monoisotopic (exact) mass is 506 g/mol. The normalized spacial score (nSPS) is 21.1. The SMILES string of the molecule is Cc1ccc(Br)c(C(=O)N2CC(F)(F)C[C@@H](C)C2CNc2ccc(C(F)(F)F)cn2)n1. The number of hydrogen-bond donors (Lipinski definition) is 1. The summed E-state index contributed by atoms with van der Waals surface area (Å²) < 4.78 is 67.1. The van der Waals surface area contributed by atoms with E-state index < -0.39 is 48.5 Å². The van der Waals surface area contributed by atoms with E-state index >= 15 is 0 Å². The van der Waals surface area contributed by atoms with Crippen molar-refractivity contribution in [3.63, 3.8) is 0 Å². The van der Waals surface area contributed by atoms with E-state index in [1.54, 1.807) is 26.0 Å². The molecule has 168 valence electrons. The predicted octanol–water partition coefficient (Wildman–Crippen LogP) is 5.16. The van der Waals surface area contributed by atoms with Crippen molar-refractivity contribution in [3.8, 4) is 0 Å². The highest BCUT2D eigenvalue weighted by Gasteiger charge is 2.46. The fourth-order valence-corrected chi connectivity index (χ4v) is 3.97. The number of pyridine rings is 2. The third-order valence-corrected chi connectivity index (χ3v) is 5.75. The minimum absolute atomic E-state index is 0.0301. The number of hydrogen-bond acceptors (Lipinski definition) is 4. The second kappa shape index (κ2) is 8.68. The van der Waals surface area contributed by atoms with Crippen LogP contribution in [0.3, 0.4) is 0 Å². The summed E-state index contributed by atoms with van der Waals surface area (Å²) in [5.41, 5.74) is -0.301. The van der Waals surface area contributed by atoms with Gasteiger partial charge in [0.1, 0.15) is 11.5 Å². The molecule has 0 bridgehead atoms. The lowest BCUT2D eigenvalue weighted by Crippen LogP contribution is -2.57. The summed E-state index contributed by atoms with van der Waals surface area (Å²) in [6.45, 7) is 2.57. The molecule has 0 saturated carbocycles. The number of carbonyl (C=O) groups excluding carboxylic acids is 1. The average Bonchev–Trinajstić information content (AvgIpc) is 2.67. The molecule has 1 unspecified atom stereocenters. The van der Waals surface area contributed by atoms with E-state index in [0.717, 1.165) is 17.0 Å². The van der Waals surface area contributed by atoms with Crippen LogP contribution >= 0.6 is 15.9 Å². The molecule has 2 aromatic rings. The molecular formula is C20H20BrF5N4O. The number of carbonyl (C=O) groups is 1. The largest absolute Gasteiger partial charge is 0.417 e. The number of aryl methyl sites for hydroxylation is 1. The van der Waals surface area contributed by atoms with Crippen molar-refractivity contribution in [1.82, 2.24) is 14.9 Å². The fourth-order valence-electron chi connectivity index (χ4n) is 3.58. The van der Waals surface area contributed by atoms with Crippen molar-refractivity contribution in [3.05, 3.63) is 51.9 Å². The smallest absolute Gasteiger partial charge is 0.368 e. The molecule has 3 rings (SSSR count). The minimum atomic E-state index is -4.51. The fraction of sp³-hybridized carbons (Fsp3) is 0.450. The predicted molar refractivity (Wildman–Crippen MR) is 108 cm³/mol. The van der Waals surface area contributed by atoms with Gasteiger partial charge in [0.2, 0.25) is 0 Å².